The van der Waals surface area contributed by atoms with E-state index >= 15 is 0 Å². The minimum Gasteiger partial charge on any atom is -0.469 e. The van der Waals surface area contributed by atoms with Crippen molar-refractivity contribution in [3.8, 4) is 0 Å². The van der Waals surface area contributed by atoms with Crippen molar-refractivity contribution in [2.75, 3.05) is 25.1 Å². The van der Waals surface area contributed by atoms with Gasteiger partial charge in [0.05, 0.1) is 7.11 Å². The molecule has 0 saturated carbocycles. The van der Waals surface area contributed by atoms with E-state index in [4.69, 9.17) is 10.5 Å². The van der Waals surface area contributed by atoms with Gasteiger partial charge in [-0.05, 0) is 43.4 Å². The summed E-state index contributed by atoms with van der Waals surface area (Å²) in [4.78, 5) is 13.6. The number of ether oxygens (including phenoxy) is 1. The zero-order valence-corrected chi connectivity index (χ0v) is 12.3. The van der Waals surface area contributed by atoms with Gasteiger partial charge < -0.3 is 15.4 Å². The molecule has 1 heterocycles. The number of carbonyl (C=O) groups is 1. The molecule has 4 heteroatoms. The number of nitrogens with two attached hydrogens (primary N) is 1. The van der Waals surface area contributed by atoms with Crippen molar-refractivity contribution in [3.63, 3.8) is 0 Å². The number of hydrogen-bond donors (Lipinski definition) is 1. The molecule has 1 fully saturated rings. The third-order valence-electron chi connectivity index (χ3n) is 3.92. The van der Waals surface area contributed by atoms with Crippen molar-refractivity contribution in [1.82, 2.24) is 0 Å². The predicted molar refractivity (Wildman–Crippen MR) is 80.7 cm³/mol. The number of esters is 1. The Labute approximate surface area is 120 Å². The minimum absolute atomic E-state index is 0.133. The van der Waals surface area contributed by atoms with Gasteiger partial charge in [-0.1, -0.05) is 12.1 Å². The monoisotopic (exact) mass is 276 g/mol. The Kier molecular flexibility index (Phi) is 5.01. The highest BCUT2D eigenvalue weighted by Gasteiger charge is 2.25. The molecule has 110 valence electrons. The Hall–Kier alpha value is -1.55. The van der Waals surface area contributed by atoms with Crippen molar-refractivity contribution in [1.29, 1.82) is 0 Å². The van der Waals surface area contributed by atoms with E-state index < -0.39 is 0 Å². The van der Waals surface area contributed by atoms with Gasteiger partial charge in [0, 0.05) is 31.2 Å². The van der Waals surface area contributed by atoms with Crippen LogP contribution in [0.5, 0.6) is 0 Å². The van der Waals surface area contributed by atoms with E-state index in [1.165, 1.54) is 18.4 Å². The smallest absolute Gasteiger partial charge is 0.305 e. The summed E-state index contributed by atoms with van der Waals surface area (Å²) in [6, 6.07) is 8.67. The van der Waals surface area contributed by atoms with Crippen LogP contribution in [-0.2, 0) is 9.53 Å². The lowest BCUT2D eigenvalue weighted by atomic mass is 9.90. The number of nitrogens with zero attached hydrogens (tertiary/aromatic N) is 1. The first-order valence-corrected chi connectivity index (χ1v) is 7.22. The van der Waals surface area contributed by atoms with Gasteiger partial charge in [-0.3, -0.25) is 4.79 Å². The van der Waals surface area contributed by atoms with Gasteiger partial charge in [0.15, 0.2) is 0 Å². The lowest BCUT2D eigenvalue weighted by molar-refractivity contribution is -0.140. The number of hydrogen-bond acceptors (Lipinski definition) is 4. The highest BCUT2D eigenvalue weighted by molar-refractivity contribution is 5.69. The van der Waals surface area contributed by atoms with Crippen molar-refractivity contribution >= 4 is 11.7 Å². The first kappa shape index (κ1) is 14.9. The molecule has 0 aromatic heterocycles. The number of aryl methyl sites for hydroxylation is 1. The Balaban J connectivity index is 1.99. The largest absolute Gasteiger partial charge is 0.469 e. The molecular weight excluding hydrogens is 252 g/mol. The number of rotatable bonds is 4. The Morgan fingerprint density at radius 2 is 2.25 bits per heavy atom. The molecule has 2 unspecified atom stereocenters. The van der Waals surface area contributed by atoms with E-state index in [0.717, 1.165) is 25.9 Å². The van der Waals surface area contributed by atoms with E-state index in [-0.39, 0.29) is 12.0 Å². The molecular formula is C16H24N2O2. The Bertz CT molecular complexity index is 462. The van der Waals surface area contributed by atoms with E-state index in [9.17, 15) is 4.79 Å². The van der Waals surface area contributed by atoms with E-state index in [2.05, 4.69) is 36.1 Å². The summed E-state index contributed by atoms with van der Waals surface area (Å²) in [6.45, 7) is 3.95. The Morgan fingerprint density at radius 3 is 2.95 bits per heavy atom. The van der Waals surface area contributed by atoms with Gasteiger partial charge in [-0.25, -0.2) is 0 Å². The van der Waals surface area contributed by atoms with Gasteiger partial charge in [0.25, 0.3) is 0 Å². The van der Waals surface area contributed by atoms with Crippen LogP contribution in [0.4, 0.5) is 5.69 Å². The maximum atomic E-state index is 11.3. The van der Waals surface area contributed by atoms with Crippen LogP contribution in [0.15, 0.2) is 24.3 Å². The lowest BCUT2D eigenvalue weighted by Gasteiger charge is -2.38. The summed E-state index contributed by atoms with van der Waals surface area (Å²) in [6.07, 6.45) is 2.32. The minimum atomic E-state index is -0.133. The summed E-state index contributed by atoms with van der Waals surface area (Å²) in [5, 5.41) is 0. The van der Waals surface area contributed by atoms with Crippen molar-refractivity contribution < 1.29 is 9.53 Å². The van der Waals surface area contributed by atoms with Crippen LogP contribution in [0.2, 0.25) is 0 Å². The van der Waals surface area contributed by atoms with Gasteiger partial charge in [-0.2, -0.15) is 0 Å². The average Bonchev–Trinajstić information content (AvgIpc) is 2.44. The van der Waals surface area contributed by atoms with Crippen molar-refractivity contribution in [3.05, 3.63) is 29.8 Å². The SMILES string of the molecule is COC(=O)CCC1CC(N)CN(c2cccc(C)c2)C1. The molecule has 0 aliphatic carbocycles. The van der Waals surface area contributed by atoms with Crippen LogP contribution >= 0.6 is 0 Å². The van der Waals surface area contributed by atoms with Crippen LogP contribution < -0.4 is 10.6 Å². The molecule has 0 bridgehead atoms. The number of carbonyl (C=O) groups excluding carboxylic acids is 1. The Morgan fingerprint density at radius 1 is 1.45 bits per heavy atom. The maximum Gasteiger partial charge on any atom is 0.305 e. The van der Waals surface area contributed by atoms with E-state index in [1.54, 1.807) is 0 Å². The zero-order chi connectivity index (χ0) is 14.5. The van der Waals surface area contributed by atoms with Crippen LogP contribution in [0, 0.1) is 12.8 Å². The molecule has 0 spiro atoms. The number of piperidine rings is 1. The quantitative estimate of drug-likeness (QED) is 0.856. The second-order valence-corrected chi connectivity index (χ2v) is 5.72. The predicted octanol–water partition coefficient (Wildman–Crippen LogP) is 2.10. The zero-order valence-electron chi connectivity index (χ0n) is 12.3. The second kappa shape index (κ2) is 6.75. The first-order chi connectivity index (χ1) is 9.58. The van der Waals surface area contributed by atoms with Gasteiger partial charge in [0.2, 0.25) is 0 Å². The lowest BCUT2D eigenvalue weighted by Crippen LogP contribution is -2.47. The fourth-order valence-corrected chi connectivity index (χ4v) is 2.92. The number of benzene rings is 1. The highest BCUT2D eigenvalue weighted by Crippen LogP contribution is 2.26. The van der Waals surface area contributed by atoms with Crippen LogP contribution in [0.25, 0.3) is 0 Å². The van der Waals surface area contributed by atoms with Crippen LogP contribution in [0.3, 0.4) is 0 Å². The molecule has 1 aromatic carbocycles. The molecule has 1 aliphatic heterocycles. The summed E-state index contributed by atoms with van der Waals surface area (Å²) in [7, 11) is 1.44. The van der Waals surface area contributed by atoms with E-state index in [1.807, 2.05) is 0 Å². The molecule has 2 rings (SSSR count). The highest BCUT2D eigenvalue weighted by atomic mass is 16.5. The average molecular weight is 276 g/mol. The first-order valence-electron chi connectivity index (χ1n) is 7.22. The molecule has 4 nitrogen and oxygen atoms in total. The molecule has 1 aromatic rings. The molecule has 0 amide bonds. The number of methoxy groups -OCH3 is 1. The topological polar surface area (TPSA) is 55.6 Å². The summed E-state index contributed by atoms with van der Waals surface area (Å²) in [5.74, 6) is 0.324. The third kappa shape index (κ3) is 3.97. The van der Waals surface area contributed by atoms with Crippen LogP contribution in [0.1, 0.15) is 24.8 Å². The molecule has 0 radical (unpaired) electrons. The van der Waals surface area contributed by atoms with Crippen molar-refractivity contribution in [2.24, 2.45) is 11.7 Å². The van der Waals surface area contributed by atoms with Gasteiger partial charge >= 0.3 is 5.97 Å². The number of anilines is 1. The van der Waals surface area contributed by atoms with E-state index in [0.29, 0.717) is 12.3 Å². The third-order valence-corrected chi connectivity index (χ3v) is 3.92. The maximum absolute atomic E-state index is 11.3. The second-order valence-electron chi connectivity index (χ2n) is 5.72. The summed E-state index contributed by atoms with van der Waals surface area (Å²) < 4.78 is 4.71. The molecule has 1 aliphatic rings. The van der Waals surface area contributed by atoms with Crippen molar-refractivity contribution in [2.45, 2.75) is 32.2 Å². The molecule has 2 N–H and O–H groups in total. The standard InChI is InChI=1S/C16H24N2O2/c1-12-4-3-5-15(8-12)18-10-13(9-14(17)11-18)6-7-16(19)20-2/h3-5,8,13-14H,6-7,9-11,17H2,1-2H3. The normalized spacial score (nSPS) is 22.6. The summed E-state index contributed by atoms with van der Waals surface area (Å²) in [5.41, 5.74) is 8.65. The molecule has 2 atom stereocenters. The van der Waals surface area contributed by atoms with Crippen LogP contribution in [-0.4, -0.2) is 32.2 Å². The molecule has 1 saturated heterocycles. The fourth-order valence-electron chi connectivity index (χ4n) is 2.92. The van der Waals surface area contributed by atoms with Gasteiger partial charge in [0.1, 0.15) is 0 Å². The van der Waals surface area contributed by atoms with Gasteiger partial charge in [-0.15, -0.1) is 0 Å². The fraction of sp³-hybridized carbons (Fsp3) is 0.562. The summed E-state index contributed by atoms with van der Waals surface area (Å²) >= 11 is 0. The molecule has 20 heavy (non-hydrogen) atoms.